The number of ether oxygens (including phenoxy) is 1. The van der Waals surface area contributed by atoms with Crippen LogP contribution in [0.5, 0.6) is 0 Å². The SMILES string of the molecule is O=C(Nc1ccc2oc(-c3ccnc(C(=O)N4CCN([C@H](c5ccccc5)c5nnn(C(F)F)n5)CC4)c3)nc2c1)C1CCO1. The van der Waals surface area contributed by atoms with Crippen molar-refractivity contribution in [1.82, 2.24) is 40.0 Å². The van der Waals surface area contributed by atoms with Crippen LogP contribution < -0.4 is 5.32 Å². The van der Waals surface area contributed by atoms with E-state index >= 15 is 0 Å². The monoisotopic (exact) mass is 615 g/mol. The Kier molecular flexibility index (Phi) is 7.69. The molecule has 0 saturated carbocycles. The van der Waals surface area contributed by atoms with Crippen molar-refractivity contribution < 1.29 is 27.5 Å². The van der Waals surface area contributed by atoms with Crippen LogP contribution in [-0.2, 0) is 9.53 Å². The second-order valence-corrected chi connectivity index (χ2v) is 10.7. The summed E-state index contributed by atoms with van der Waals surface area (Å²) >= 11 is 0. The summed E-state index contributed by atoms with van der Waals surface area (Å²) in [4.78, 5) is 38.6. The van der Waals surface area contributed by atoms with Crippen LogP contribution in [0.3, 0.4) is 0 Å². The highest BCUT2D eigenvalue weighted by Gasteiger charge is 2.32. The number of fused-ring (bicyclic) bond motifs is 1. The minimum atomic E-state index is -2.90. The Morgan fingerprint density at radius 2 is 1.80 bits per heavy atom. The molecule has 0 radical (unpaired) electrons. The molecule has 5 aromatic rings. The minimum absolute atomic E-state index is 0.163. The van der Waals surface area contributed by atoms with Crippen LogP contribution in [0.15, 0.2) is 71.3 Å². The van der Waals surface area contributed by atoms with Crippen molar-refractivity contribution in [3.63, 3.8) is 0 Å². The summed E-state index contributed by atoms with van der Waals surface area (Å²) in [5, 5.41) is 14.2. The number of aromatic nitrogens is 6. The fourth-order valence-electron chi connectivity index (χ4n) is 5.41. The number of hydrogen-bond acceptors (Lipinski definition) is 10. The van der Waals surface area contributed by atoms with Gasteiger partial charge in [0.05, 0.1) is 12.6 Å². The number of anilines is 1. The van der Waals surface area contributed by atoms with Crippen molar-refractivity contribution >= 4 is 28.6 Å². The molecule has 3 aromatic heterocycles. The van der Waals surface area contributed by atoms with E-state index in [0.29, 0.717) is 72.2 Å². The van der Waals surface area contributed by atoms with Gasteiger partial charge in [0, 0.05) is 50.0 Å². The van der Waals surface area contributed by atoms with E-state index < -0.39 is 18.7 Å². The molecular formula is C30H27F2N9O4. The van der Waals surface area contributed by atoms with Crippen molar-refractivity contribution in [2.24, 2.45) is 0 Å². The number of oxazole rings is 1. The largest absolute Gasteiger partial charge is 0.436 e. The molecule has 2 aromatic carbocycles. The number of pyridine rings is 1. The lowest BCUT2D eigenvalue weighted by Gasteiger charge is -2.38. The third-order valence-corrected chi connectivity index (χ3v) is 7.82. The molecule has 2 aliphatic heterocycles. The van der Waals surface area contributed by atoms with E-state index in [-0.39, 0.29) is 23.3 Å². The van der Waals surface area contributed by atoms with Crippen molar-refractivity contribution in [3.05, 3.63) is 83.9 Å². The Balaban J connectivity index is 1.05. The van der Waals surface area contributed by atoms with E-state index in [0.717, 1.165) is 5.56 Å². The van der Waals surface area contributed by atoms with E-state index in [4.69, 9.17) is 9.15 Å². The van der Waals surface area contributed by atoms with Gasteiger partial charge in [0.1, 0.15) is 17.3 Å². The maximum absolute atomic E-state index is 13.5. The van der Waals surface area contributed by atoms with Crippen LogP contribution in [0, 0.1) is 0 Å². The maximum atomic E-state index is 13.5. The second kappa shape index (κ2) is 12.1. The molecule has 45 heavy (non-hydrogen) atoms. The van der Waals surface area contributed by atoms with Crippen molar-refractivity contribution in [2.75, 3.05) is 38.1 Å². The quantitative estimate of drug-likeness (QED) is 0.275. The maximum Gasteiger partial charge on any atom is 0.350 e. The Morgan fingerprint density at radius 3 is 2.51 bits per heavy atom. The lowest BCUT2D eigenvalue weighted by molar-refractivity contribution is -0.139. The van der Waals surface area contributed by atoms with Crippen LogP contribution in [0.2, 0.25) is 0 Å². The van der Waals surface area contributed by atoms with Crippen LogP contribution in [0.25, 0.3) is 22.6 Å². The van der Waals surface area contributed by atoms with Crippen LogP contribution in [-0.4, -0.2) is 90.7 Å². The van der Waals surface area contributed by atoms with Gasteiger partial charge in [-0.05, 0) is 41.1 Å². The normalized spacial score (nSPS) is 17.8. The molecule has 0 aliphatic carbocycles. The number of hydrogen-bond donors (Lipinski definition) is 1. The number of nitrogens with one attached hydrogen (secondary N) is 1. The molecule has 7 rings (SSSR count). The fourth-order valence-corrected chi connectivity index (χ4v) is 5.41. The van der Waals surface area contributed by atoms with E-state index in [1.54, 1.807) is 35.2 Å². The third kappa shape index (κ3) is 5.86. The number of piperazine rings is 1. The highest BCUT2D eigenvalue weighted by molar-refractivity contribution is 5.96. The number of alkyl halides is 2. The zero-order valence-electron chi connectivity index (χ0n) is 23.8. The van der Waals surface area contributed by atoms with Crippen molar-refractivity contribution in [2.45, 2.75) is 25.1 Å². The number of benzene rings is 2. The van der Waals surface area contributed by atoms with Gasteiger partial charge in [-0.25, -0.2) is 4.98 Å². The van der Waals surface area contributed by atoms with Gasteiger partial charge in [-0.1, -0.05) is 35.1 Å². The molecule has 13 nitrogen and oxygen atoms in total. The van der Waals surface area contributed by atoms with Crippen LogP contribution in [0.4, 0.5) is 14.5 Å². The highest BCUT2D eigenvalue weighted by atomic mass is 19.3. The summed E-state index contributed by atoms with van der Waals surface area (Å²) in [6.45, 7) is -0.664. The highest BCUT2D eigenvalue weighted by Crippen LogP contribution is 2.29. The molecule has 2 atom stereocenters. The average Bonchev–Trinajstić information content (AvgIpc) is 3.69. The minimum Gasteiger partial charge on any atom is -0.436 e. The van der Waals surface area contributed by atoms with Gasteiger partial charge < -0.3 is 19.4 Å². The number of rotatable bonds is 8. The van der Waals surface area contributed by atoms with Gasteiger partial charge in [0.25, 0.3) is 11.8 Å². The number of nitrogens with zero attached hydrogens (tertiary/aromatic N) is 8. The predicted octanol–water partition coefficient (Wildman–Crippen LogP) is 3.55. The standard InChI is InChI=1S/C30H27F2N9O4/c31-30(32)41-37-26(36-38-41)25(18-4-2-1-3-5-18)39-11-13-40(14-12-39)29(43)22-16-19(8-10-33-22)28-35-21-17-20(6-7-23(21)45-28)34-27(42)24-9-15-44-24/h1-8,10,16-17,24-25,30H,9,11-15H2,(H,34,42)/t24?,25-/m1/s1. The summed E-state index contributed by atoms with van der Waals surface area (Å²) in [5.41, 5.74) is 3.30. The van der Waals surface area contributed by atoms with Crippen LogP contribution >= 0.6 is 0 Å². The number of carbonyl (C=O) groups excluding carboxylic acids is 2. The average molecular weight is 616 g/mol. The van der Waals surface area contributed by atoms with Crippen molar-refractivity contribution in [3.8, 4) is 11.5 Å². The van der Waals surface area contributed by atoms with E-state index in [1.165, 1.54) is 6.20 Å². The first-order valence-corrected chi connectivity index (χ1v) is 14.4. The van der Waals surface area contributed by atoms with Gasteiger partial charge >= 0.3 is 6.55 Å². The molecule has 15 heteroatoms. The van der Waals surface area contributed by atoms with E-state index in [1.807, 2.05) is 35.2 Å². The second-order valence-electron chi connectivity index (χ2n) is 10.7. The first-order valence-electron chi connectivity index (χ1n) is 14.4. The van der Waals surface area contributed by atoms with Crippen molar-refractivity contribution in [1.29, 1.82) is 0 Å². The van der Waals surface area contributed by atoms with Crippen LogP contribution in [0.1, 0.15) is 40.9 Å². The van der Waals surface area contributed by atoms with E-state index in [9.17, 15) is 18.4 Å². The molecule has 0 bridgehead atoms. The number of tetrazole rings is 1. The van der Waals surface area contributed by atoms with Gasteiger partial charge in [0.2, 0.25) is 5.89 Å². The molecule has 2 aliphatic rings. The zero-order valence-corrected chi connectivity index (χ0v) is 23.8. The van der Waals surface area contributed by atoms with E-state index in [2.05, 4.69) is 30.7 Å². The Labute approximate surface area is 254 Å². The summed E-state index contributed by atoms with van der Waals surface area (Å²) in [5.74, 6) is 0.0195. The number of amides is 2. The third-order valence-electron chi connectivity index (χ3n) is 7.82. The molecular weight excluding hydrogens is 588 g/mol. The molecule has 230 valence electrons. The lowest BCUT2D eigenvalue weighted by Crippen LogP contribution is -2.50. The molecule has 5 heterocycles. The molecule has 0 spiro atoms. The first kappa shape index (κ1) is 28.6. The predicted molar refractivity (Wildman–Crippen MR) is 155 cm³/mol. The summed E-state index contributed by atoms with van der Waals surface area (Å²) in [7, 11) is 0. The molecule has 2 saturated heterocycles. The Bertz CT molecular complexity index is 1840. The summed E-state index contributed by atoms with van der Waals surface area (Å²) < 4.78 is 37.5. The summed E-state index contributed by atoms with van der Waals surface area (Å²) in [6.07, 6.45) is 1.79. The molecule has 2 amide bonds. The number of carbonyl (C=O) groups is 2. The van der Waals surface area contributed by atoms with Gasteiger partial charge in [0.15, 0.2) is 11.4 Å². The number of halogens is 2. The molecule has 1 N–H and O–H groups in total. The smallest absolute Gasteiger partial charge is 0.350 e. The summed E-state index contributed by atoms with van der Waals surface area (Å²) in [6, 6.07) is 17.4. The molecule has 1 unspecified atom stereocenters. The zero-order chi connectivity index (χ0) is 30.9. The fraction of sp³-hybridized carbons (Fsp3) is 0.300. The Morgan fingerprint density at radius 1 is 1.00 bits per heavy atom. The Hall–Kier alpha value is -5.15. The topological polar surface area (TPSA) is 144 Å². The molecule has 2 fully saturated rings. The first-order chi connectivity index (χ1) is 21.9. The lowest BCUT2D eigenvalue weighted by atomic mass is 10.0. The van der Waals surface area contributed by atoms with Gasteiger partial charge in [-0.3, -0.25) is 19.5 Å². The van der Waals surface area contributed by atoms with Gasteiger partial charge in [-0.15, -0.1) is 10.2 Å². The van der Waals surface area contributed by atoms with Gasteiger partial charge in [-0.2, -0.15) is 8.78 Å².